The number of aromatic carboxylic acids is 1. The number of epoxide rings is 2. The van der Waals surface area contributed by atoms with Crippen molar-refractivity contribution in [1.82, 2.24) is 5.32 Å². The molecule has 1 aromatic carbocycles. The third-order valence-electron chi connectivity index (χ3n) is 8.10. The van der Waals surface area contributed by atoms with Crippen LogP contribution >= 0.6 is 0 Å². The summed E-state index contributed by atoms with van der Waals surface area (Å²) in [5, 5.41) is 14.6. The van der Waals surface area contributed by atoms with Gasteiger partial charge in [0.1, 0.15) is 29.5 Å². The van der Waals surface area contributed by atoms with E-state index in [9.17, 15) is 19.5 Å². The first-order valence-electron chi connectivity index (χ1n) is 13.5. The van der Waals surface area contributed by atoms with Gasteiger partial charge >= 0.3 is 12.1 Å². The lowest BCUT2D eigenvalue weighted by Gasteiger charge is -2.42. The lowest BCUT2D eigenvalue weighted by Crippen LogP contribution is -2.57. The molecule has 39 heavy (non-hydrogen) atoms. The molecule has 1 aliphatic carbocycles. The van der Waals surface area contributed by atoms with E-state index in [1.807, 2.05) is 0 Å². The van der Waals surface area contributed by atoms with Gasteiger partial charge in [0.05, 0.1) is 24.2 Å². The number of methoxy groups -OCH3 is 1. The number of allylic oxidation sites excluding steroid dienone is 1. The smallest absolute Gasteiger partial charge is 0.408 e. The van der Waals surface area contributed by atoms with Crippen molar-refractivity contribution in [3.05, 3.63) is 41.5 Å². The Bertz CT molecular complexity index is 1130. The first kappa shape index (κ1) is 29.0. The summed E-state index contributed by atoms with van der Waals surface area (Å²) in [5.74, 6) is -1.93. The van der Waals surface area contributed by atoms with E-state index in [4.69, 9.17) is 18.9 Å². The van der Waals surface area contributed by atoms with E-state index in [1.54, 1.807) is 33.1 Å². The van der Waals surface area contributed by atoms with Crippen molar-refractivity contribution in [2.75, 3.05) is 19.0 Å². The minimum atomic E-state index is -1.10. The van der Waals surface area contributed by atoms with Crippen LogP contribution in [0.15, 0.2) is 35.9 Å². The number of hydrogen-bond acceptors (Lipinski definition) is 7. The van der Waals surface area contributed by atoms with E-state index in [1.165, 1.54) is 17.7 Å². The van der Waals surface area contributed by atoms with Crippen LogP contribution in [0.4, 0.5) is 10.5 Å². The summed E-state index contributed by atoms with van der Waals surface area (Å²) in [4.78, 5) is 37.3. The van der Waals surface area contributed by atoms with Gasteiger partial charge in [-0.15, -0.1) is 0 Å². The molecule has 0 radical (unpaired) electrons. The van der Waals surface area contributed by atoms with Gasteiger partial charge in [0.25, 0.3) is 0 Å². The fourth-order valence-electron chi connectivity index (χ4n) is 5.85. The van der Waals surface area contributed by atoms with Gasteiger partial charge in [-0.05, 0) is 64.2 Å². The van der Waals surface area contributed by atoms with Crippen LogP contribution < -0.4 is 10.6 Å². The highest BCUT2D eigenvalue weighted by Gasteiger charge is 2.72. The molecule has 2 aliphatic heterocycles. The van der Waals surface area contributed by atoms with Crippen LogP contribution in [0.5, 0.6) is 0 Å². The quantitative estimate of drug-likeness (QED) is 0.295. The molecular formula is C29H40N2O8. The Balaban J connectivity index is 1.42. The van der Waals surface area contributed by atoms with Crippen molar-refractivity contribution in [3.8, 4) is 0 Å². The van der Waals surface area contributed by atoms with Crippen LogP contribution in [0.1, 0.15) is 64.2 Å². The van der Waals surface area contributed by atoms with E-state index in [2.05, 4.69) is 37.5 Å². The first-order chi connectivity index (χ1) is 18.4. The van der Waals surface area contributed by atoms with Crippen molar-refractivity contribution < 1.29 is 38.4 Å². The third kappa shape index (κ3) is 6.28. The molecule has 10 heteroatoms. The zero-order chi connectivity index (χ0) is 28.5. The van der Waals surface area contributed by atoms with Crippen molar-refractivity contribution in [3.63, 3.8) is 0 Å². The monoisotopic (exact) mass is 544 g/mol. The zero-order valence-electron chi connectivity index (χ0n) is 23.5. The second kappa shape index (κ2) is 11.3. The van der Waals surface area contributed by atoms with Gasteiger partial charge in [0.15, 0.2) is 0 Å². The number of amides is 2. The highest BCUT2D eigenvalue weighted by atomic mass is 16.6. The number of hydrogen-bond donors (Lipinski definition) is 3. The molecule has 214 valence electrons. The second-order valence-electron chi connectivity index (χ2n) is 11.6. The van der Waals surface area contributed by atoms with Crippen LogP contribution in [0.25, 0.3) is 0 Å². The van der Waals surface area contributed by atoms with Crippen molar-refractivity contribution >= 4 is 23.7 Å². The Morgan fingerprint density at radius 1 is 1.26 bits per heavy atom. The summed E-state index contributed by atoms with van der Waals surface area (Å²) in [6.45, 7) is 10.4. The van der Waals surface area contributed by atoms with Crippen LogP contribution in [0, 0.1) is 11.8 Å². The zero-order valence-corrected chi connectivity index (χ0v) is 23.5. The summed E-state index contributed by atoms with van der Waals surface area (Å²) in [7, 11) is 1.61. The molecule has 3 fully saturated rings. The third-order valence-corrected chi connectivity index (χ3v) is 8.10. The topological polar surface area (TPSA) is 139 Å². The Kier molecular flexibility index (Phi) is 8.39. The molecule has 0 aromatic heterocycles. The normalized spacial score (nSPS) is 31.8. The minimum Gasteiger partial charge on any atom is -0.478 e. The number of carbonyl (C=O) groups is 3. The standard InChI is InChI=1S/C29H40N2O8/c1-16(2)10-11-21-28(5,39-21)24-23(36-6)20(12-13-29(24)15-37-29)38-27(35)31-22(17(3)4)25(32)30-19-9-7-8-18(14-19)26(33)34/h7-10,14,17,20-24H,11-13,15H2,1-6H3,(H,30,32)(H,31,35)(H,33,34)/t20-,21-,22-,23-,24+,28+,29+/m1/s1. The fourth-order valence-corrected chi connectivity index (χ4v) is 5.85. The summed E-state index contributed by atoms with van der Waals surface area (Å²) in [6.07, 6.45) is 2.60. The molecule has 2 heterocycles. The lowest BCUT2D eigenvalue weighted by molar-refractivity contribution is -0.122. The molecule has 0 unspecified atom stereocenters. The minimum absolute atomic E-state index is 0.0392. The number of carboxylic acids is 1. The molecule has 0 bridgehead atoms. The molecule has 4 rings (SSSR count). The van der Waals surface area contributed by atoms with Gasteiger partial charge in [0.2, 0.25) is 5.91 Å². The van der Waals surface area contributed by atoms with Gasteiger partial charge in [-0.2, -0.15) is 0 Å². The largest absolute Gasteiger partial charge is 0.478 e. The number of rotatable bonds is 10. The molecule has 3 N–H and O–H groups in total. The van der Waals surface area contributed by atoms with Gasteiger partial charge in [-0.1, -0.05) is 31.6 Å². The predicted molar refractivity (Wildman–Crippen MR) is 144 cm³/mol. The molecule has 10 nitrogen and oxygen atoms in total. The number of nitrogens with one attached hydrogen (secondary N) is 2. The summed E-state index contributed by atoms with van der Waals surface area (Å²) in [5.41, 5.74) is 0.814. The number of benzene rings is 1. The number of ether oxygens (including phenoxy) is 4. The molecule has 1 saturated carbocycles. The first-order valence-corrected chi connectivity index (χ1v) is 13.5. The highest BCUT2D eigenvalue weighted by Crippen LogP contribution is 2.59. The Morgan fingerprint density at radius 3 is 2.56 bits per heavy atom. The van der Waals surface area contributed by atoms with E-state index in [0.717, 1.165) is 12.8 Å². The SMILES string of the molecule is CO[C@H]1[C@@H]([C@@]2(C)O[C@@H]2CC=C(C)C)[C@]2(CC[C@H]1OC(=O)N[C@@H](C(=O)Nc1cccc(C(=O)O)c1)C(C)C)CO2. The van der Waals surface area contributed by atoms with Crippen LogP contribution in [0.2, 0.25) is 0 Å². The molecule has 1 aromatic rings. The van der Waals surface area contributed by atoms with Crippen LogP contribution in [-0.4, -0.2) is 72.3 Å². The molecular weight excluding hydrogens is 504 g/mol. The summed E-state index contributed by atoms with van der Waals surface area (Å²) < 4.78 is 24.0. The lowest BCUT2D eigenvalue weighted by atomic mass is 9.68. The number of carbonyl (C=O) groups excluding carboxylic acids is 2. The van der Waals surface area contributed by atoms with Crippen LogP contribution in [-0.2, 0) is 23.7 Å². The number of carboxylic acid groups (broad SMARTS) is 1. The van der Waals surface area contributed by atoms with Gasteiger partial charge in [0, 0.05) is 12.8 Å². The summed E-state index contributed by atoms with van der Waals surface area (Å²) >= 11 is 0. The van der Waals surface area contributed by atoms with Gasteiger partial charge in [-0.25, -0.2) is 9.59 Å². The summed E-state index contributed by atoms with van der Waals surface area (Å²) in [6, 6.07) is 5.03. The fraction of sp³-hybridized carbons (Fsp3) is 0.621. The Morgan fingerprint density at radius 2 is 1.97 bits per heavy atom. The van der Waals surface area contributed by atoms with Gasteiger partial charge < -0.3 is 34.7 Å². The van der Waals surface area contributed by atoms with Crippen LogP contribution in [0.3, 0.4) is 0 Å². The highest BCUT2D eigenvalue weighted by molar-refractivity contribution is 5.98. The van der Waals surface area contributed by atoms with Crippen molar-refractivity contribution in [2.24, 2.45) is 11.8 Å². The van der Waals surface area contributed by atoms with Crippen molar-refractivity contribution in [1.29, 1.82) is 0 Å². The predicted octanol–water partition coefficient (Wildman–Crippen LogP) is 4.15. The van der Waals surface area contributed by atoms with E-state index in [-0.39, 0.29) is 29.1 Å². The van der Waals surface area contributed by atoms with Gasteiger partial charge in [-0.3, -0.25) is 4.79 Å². The molecule has 7 atom stereocenters. The molecule has 1 spiro atoms. The molecule has 3 aliphatic rings. The molecule has 2 amide bonds. The number of alkyl carbamates (subject to hydrolysis) is 1. The maximum atomic E-state index is 13.1. The Hall–Kier alpha value is -2.95. The number of anilines is 1. The van der Waals surface area contributed by atoms with E-state index in [0.29, 0.717) is 18.7 Å². The molecule has 2 saturated heterocycles. The van der Waals surface area contributed by atoms with E-state index >= 15 is 0 Å². The maximum Gasteiger partial charge on any atom is 0.408 e. The average Bonchev–Trinajstić information content (AvgIpc) is 3.79. The maximum absolute atomic E-state index is 13.1. The average molecular weight is 545 g/mol. The van der Waals surface area contributed by atoms with E-state index < -0.39 is 41.8 Å². The Labute approximate surface area is 229 Å². The van der Waals surface area contributed by atoms with Crippen molar-refractivity contribution in [2.45, 2.75) is 89.4 Å². The second-order valence-corrected chi connectivity index (χ2v) is 11.6.